The largest absolute Gasteiger partial charge is 0.456 e. The van der Waals surface area contributed by atoms with Gasteiger partial charge in [-0.15, -0.1) is 0 Å². The summed E-state index contributed by atoms with van der Waals surface area (Å²) in [5.41, 5.74) is 2.03. The average molecular weight is 422 g/mol. The van der Waals surface area contributed by atoms with Gasteiger partial charge < -0.3 is 4.42 Å². The monoisotopic (exact) mass is 422 g/mol. The third kappa shape index (κ3) is 3.59. The number of anilines is 1. The lowest BCUT2D eigenvalue weighted by Crippen LogP contribution is -2.28. The van der Waals surface area contributed by atoms with E-state index < -0.39 is 4.92 Å². The number of hydrogen-bond acceptors (Lipinski definition) is 6. The van der Waals surface area contributed by atoms with Crippen LogP contribution in [0.3, 0.4) is 0 Å². The summed E-state index contributed by atoms with van der Waals surface area (Å²) in [4.78, 5) is 25.6. The Kier molecular flexibility index (Phi) is 5.04. The summed E-state index contributed by atoms with van der Waals surface area (Å²) in [5.74, 6) is 0.555. The second-order valence-corrected chi connectivity index (χ2v) is 7.96. The number of nitrogens with zero attached hydrogens (tertiary/aromatic N) is 2. The number of nitro groups is 1. The molecule has 0 spiro atoms. The van der Waals surface area contributed by atoms with Crippen molar-refractivity contribution in [2.75, 3.05) is 4.90 Å². The van der Waals surface area contributed by atoms with E-state index in [4.69, 9.17) is 16.6 Å². The molecule has 1 aliphatic rings. The molecule has 0 saturated carbocycles. The Morgan fingerprint density at radius 3 is 2.59 bits per heavy atom. The van der Waals surface area contributed by atoms with Crippen LogP contribution in [0.15, 0.2) is 70.0 Å². The highest BCUT2D eigenvalue weighted by molar-refractivity contribution is 8.27. The van der Waals surface area contributed by atoms with Gasteiger partial charge in [0.05, 0.1) is 21.1 Å². The van der Waals surface area contributed by atoms with E-state index in [1.807, 2.05) is 31.2 Å². The Morgan fingerprint density at radius 2 is 1.83 bits per heavy atom. The number of para-hydroxylation sites is 2. The molecule has 0 radical (unpaired) electrons. The predicted octanol–water partition coefficient (Wildman–Crippen LogP) is 5.57. The number of thioether (sulfide) groups is 1. The number of thiocarbonyl (C=S) groups is 1. The number of carbonyl (C=O) groups is 1. The topological polar surface area (TPSA) is 76.6 Å². The van der Waals surface area contributed by atoms with Gasteiger partial charge in [0.25, 0.3) is 11.6 Å². The number of hydrogen-bond donors (Lipinski definition) is 0. The van der Waals surface area contributed by atoms with E-state index >= 15 is 0 Å². The van der Waals surface area contributed by atoms with Crippen molar-refractivity contribution in [3.63, 3.8) is 0 Å². The molecule has 2 heterocycles. The zero-order valence-corrected chi connectivity index (χ0v) is 16.8. The zero-order chi connectivity index (χ0) is 20.5. The van der Waals surface area contributed by atoms with Gasteiger partial charge >= 0.3 is 0 Å². The molecule has 3 aromatic rings. The quantitative estimate of drug-likeness (QED) is 0.237. The average Bonchev–Trinajstić information content (AvgIpc) is 3.27. The summed E-state index contributed by atoms with van der Waals surface area (Å²) in [6.45, 7) is 1.92. The van der Waals surface area contributed by atoms with Gasteiger partial charge in [0.15, 0.2) is 4.32 Å². The van der Waals surface area contributed by atoms with E-state index in [1.54, 1.807) is 36.4 Å². The van der Waals surface area contributed by atoms with Crippen molar-refractivity contribution in [3.05, 3.63) is 87.0 Å². The lowest BCUT2D eigenvalue weighted by Gasteiger charge is -2.16. The minimum absolute atomic E-state index is 0.0423. The van der Waals surface area contributed by atoms with Gasteiger partial charge in [-0.05, 0) is 36.8 Å². The molecule has 1 fully saturated rings. The first-order valence-corrected chi connectivity index (χ1v) is 9.85. The molecule has 144 valence electrons. The molecule has 0 aliphatic carbocycles. The van der Waals surface area contributed by atoms with Crippen molar-refractivity contribution in [2.24, 2.45) is 0 Å². The Hall–Kier alpha value is -3.23. The number of nitro benzene ring substituents is 1. The normalized spacial score (nSPS) is 15.3. The Balaban J connectivity index is 1.65. The van der Waals surface area contributed by atoms with E-state index in [0.29, 0.717) is 26.3 Å². The predicted molar refractivity (Wildman–Crippen MR) is 118 cm³/mol. The van der Waals surface area contributed by atoms with Gasteiger partial charge in [0.1, 0.15) is 11.5 Å². The number of furan rings is 1. The van der Waals surface area contributed by atoms with Gasteiger partial charge in [0.2, 0.25) is 0 Å². The molecule has 0 unspecified atom stereocenters. The summed E-state index contributed by atoms with van der Waals surface area (Å²) in [7, 11) is 0. The van der Waals surface area contributed by atoms with Crippen molar-refractivity contribution >= 4 is 51.7 Å². The van der Waals surface area contributed by atoms with Crippen molar-refractivity contribution in [3.8, 4) is 11.3 Å². The molecule has 1 aliphatic heterocycles. The lowest BCUT2D eigenvalue weighted by atomic mass is 10.1. The molecule has 2 aromatic carbocycles. The Labute approximate surface area is 176 Å². The van der Waals surface area contributed by atoms with Crippen molar-refractivity contribution < 1.29 is 14.1 Å². The fourth-order valence-corrected chi connectivity index (χ4v) is 4.30. The standard InChI is InChI=1S/C21H14N2O4S2/c1-13-6-2-4-8-16(13)22-20(24)19(29-21(22)28)12-14-10-11-18(27-14)15-7-3-5-9-17(15)23(25)26/h2-12H,1H3/b19-12+. The molecule has 8 heteroatoms. The molecule has 1 saturated heterocycles. The van der Waals surface area contributed by atoms with E-state index in [1.165, 1.54) is 22.7 Å². The van der Waals surface area contributed by atoms with Crippen LogP contribution in [-0.4, -0.2) is 15.2 Å². The summed E-state index contributed by atoms with van der Waals surface area (Å²) in [5, 5.41) is 11.2. The van der Waals surface area contributed by atoms with Crippen LogP contribution in [0.1, 0.15) is 11.3 Å². The first-order chi connectivity index (χ1) is 14.0. The minimum atomic E-state index is -0.454. The van der Waals surface area contributed by atoms with Crippen molar-refractivity contribution in [1.82, 2.24) is 0 Å². The molecule has 1 aromatic heterocycles. The molecule has 0 bridgehead atoms. The molecule has 6 nitrogen and oxygen atoms in total. The van der Waals surface area contributed by atoms with Gasteiger partial charge in [-0.2, -0.15) is 0 Å². The van der Waals surface area contributed by atoms with Crippen LogP contribution in [0.4, 0.5) is 11.4 Å². The molecule has 29 heavy (non-hydrogen) atoms. The summed E-state index contributed by atoms with van der Waals surface area (Å²) in [6.07, 6.45) is 1.61. The highest BCUT2D eigenvalue weighted by atomic mass is 32.2. The van der Waals surface area contributed by atoms with Crippen molar-refractivity contribution in [1.29, 1.82) is 0 Å². The van der Waals surface area contributed by atoms with Gasteiger partial charge in [-0.1, -0.05) is 54.3 Å². The lowest BCUT2D eigenvalue weighted by molar-refractivity contribution is -0.384. The van der Waals surface area contributed by atoms with E-state index in [-0.39, 0.29) is 11.6 Å². The van der Waals surface area contributed by atoms with Crippen LogP contribution in [0.25, 0.3) is 17.4 Å². The van der Waals surface area contributed by atoms with Gasteiger partial charge in [-0.25, -0.2) is 0 Å². The maximum atomic E-state index is 12.9. The van der Waals surface area contributed by atoms with Crippen LogP contribution in [-0.2, 0) is 4.79 Å². The Morgan fingerprint density at radius 1 is 1.10 bits per heavy atom. The van der Waals surface area contributed by atoms with E-state index in [0.717, 1.165) is 11.3 Å². The first-order valence-electron chi connectivity index (χ1n) is 8.63. The zero-order valence-electron chi connectivity index (χ0n) is 15.2. The fourth-order valence-electron chi connectivity index (χ4n) is 3.04. The fraction of sp³-hybridized carbons (Fsp3) is 0.0476. The maximum absolute atomic E-state index is 12.9. The SMILES string of the molecule is Cc1ccccc1N1C(=O)/C(=C\c2ccc(-c3ccccc3[N+](=O)[O-])o2)SC1=S. The second-order valence-electron chi connectivity index (χ2n) is 6.28. The minimum Gasteiger partial charge on any atom is -0.456 e. The smallest absolute Gasteiger partial charge is 0.280 e. The molecule has 0 N–H and O–H groups in total. The summed E-state index contributed by atoms with van der Waals surface area (Å²) in [6, 6.07) is 17.2. The third-order valence-corrected chi connectivity index (χ3v) is 5.72. The number of aryl methyl sites for hydroxylation is 1. The van der Waals surface area contributed by atoms with Crippen LogP contribution in [0.2, 0.25) is 0 Å². The number of benzene rings is 2. The maximum Gasteiger partial charge on any atom is 0.280 e. The van der Waals surface area contributed by atoms with Gasteiger partial charge in [-0.3, -0.25) is 19.8 Å². The van der Waals surface area contributed by atoms with Crippen LogP contribution >= 0.6 is 24.0 Å². The highest BCUT2D eigenvalue weighted by Gasteiger charge is 2.34. The molecule has 4 rings (SSSR count). The number of rotatable bonds is 4. The third-order valence-electron chi connectivity index (χ3n) is 4.42. The first kappa shape index (κ1) is 19.1. The summed E-state index contributed by atoms with van der Waals surface area (Å²) >= 11 is 6.60. The second kappa shape index (κ2) is 7.65. The number of carbonyl (C=O) groups excluding carboxylic acids is 1. The summed E-state index contributed by atoms with van der Waals surface area (Å²) < 4.78 is 6.21. The molecule has 0 atom stereocenters. The van der Waals surface area contributed by atoms with Crippen molar-refractivity contribution in [2.45, 2.75) is 6.92 Å². The molecule has 1 amide bonds. The Bertz CT molecular complexity index is 1180. The number of amides is 1. The van der Waals surface area contributed by atoms with E-state index in [9.17, 15) is 14.9 Å². The van der Waals surface area contributed by atoms with Crippen LogP contribution < -0.4 is 4.90 Å². The van der Waals surface area contributed by atoms with Gasteiger partial charge in [0, 0.05) is 12.1 Å². The van der Waals surface area contributed by atoms with E-state index in [2.05, 4.69) is 0 Å². The van der Waals surface area contributed by atoms with Crippen LogP contribution in [0, 0.1) is 17.0 Å². The molecular weight excluding hydrogens is 408 g/mol. The molecular formula is C21H14N2O4S2. The van der Waals surface area contributed by atoms with Crippen LogP contribution in [0.5, 0.6) is 0 Å². The highest BCUT2D eigenvalue weighted by Crippen LogP contribution is 2.38.